The predicted molar refractivity (Wildman–Crippen MR) is 105 cm³/mol. The van der Waals surface area contributed by atoms with Crippen molar-refractivity contribution in [2.45, 2.75) is 44.7 Å². The predicted octanol–water partition coefficient (Wildman–Crippen LogP) is -1.49. The van der Waals surface area contributed by atoms with Crippen LogP contribution in [0.4, 0.5) is 11.4 Å². The molecule has 9 nitrogen and oxygen atoms in total. The lowest BCUT2D eigenvalue weighted by Gasteiger charge is -2.08. The number of carbonyl (C=O) groups is 1. The van der Waals surface area contributed by atoms with Crippen LogP contribution in [0.3, 0.4) is 0 Å². The van der Waals surface area contributed by atoms with Gasteiger partial charge in [0, 0.05) is 50.1 Å². The Morgan fingerprint density at radius 3 is 1.83 bits per heavy atom. The molecule has 0 saturated heterocycles. The van der Waals surface area contributed by atoms with Crippen LogP contribution in [0.5, 0.6) is 0 Å². The first kappa shape index (κ1) is 23.2. The first-order valence-electron chi connectivity index (χ1n) is 9.35. The van der Waals surface area contributed by atoms with Crippen molar-refractivity contribution in [3.05, 3.63) is 78.9 Å². The number of nitrogens with one attached hydrogen (secondary N) is 1. The van der Waals surface area contributed by atoms with Gasteiger partial charge in [-0.05, 0) is 35.1 Å². The average Bonchev–Trinajstić information content (AvgIpc) is 3.21. The quantitative estimate of drug-likeness (QED) is 0.446. The van der Waals surface area contributed by atoms with Gasteiger partial charge in [0.2, 0.25) is 5.91 Å². The van der Waals surface area contributed by atoms with Crippen molar-refractivity contribution in [2.75, 3.05) is 0 Å². The Bertz CT molecular complexity index is 982. The maximum absolute atomic E-state index is 10.9. The fourth-order valence-corrected chi connectivity index (χ4v) is 3.92. The minimum atomic E-state index is -0.397. The number of hydrogen-bond donors (Lipinski definition) is 2. The molecule has 0 radical (unpaired) electrons. The average molecular weight is 435 g/mol. The van der Waals surface area contributed by atoms with E-state index in [4.69, 9.17) is 0 Å². The zero-order chi connectivity index (χ0) is 21.1. The Hall–Kier alpha value is -3.04. The third-order valence-electron chi connectivity index (χ3n) is 5.16. The second-order valence-corrected chi connectivity index (χ2v) is 7.50. The molecule has 2 aliphatic rings. The van der Waals surface area contributed by atoms with E-state index in [1.807, 2.05) is 6.07 Å². The normalized spacial score (nSPS) is 18.2. The van der Waals surface area contributed by atoms with Gasteiger partial charge in [-0.25, -0.2) is 0 Å². The van der Waals surface area contributed by atoms with Gasteiger partial charge in [-0.3, -0.25) is 25.0 Å². The highest BCUT2D eigenvalue weighted by Gasteiger charge is 2.24. The van der Waals surface area contributed by atoms with Crippen molar-refractivity contribution in [3.63, 3.8) is 0 Å². The highest BCUT2D eigenvalue weighted by atomic mass is 35.5. The number of non-ortho nitro benzene ring substituents is 2. The lowest BCUT2D eigenvalue weighted by Crippen LogP contribution is -3.00. The van der Waals surface area contributed by atoms with E-state index in [1.54, 1.807) is 24.3 Å². The first-order valence-corrected chi connectivity index (χ1v) is 9.35. The first-order chi connectivity index (χ1) is 13.7. The monoisotopic (exact) mass is 434 g/mol. The number of nitro groups is 2. The molecule has 2 unspecified atom stereocenters. The van der Waals surface area contributed by atoms with Gasteiger partial charge < -0.3 is 23.5 Å². The van der Waals surface area contributed by atoms with Crippen LogP contribution in [0, 0.1) is 20.2 Å². The molecule has 0 heterocycles. The molecule has 160 valence electrons. The van der Waals surface area contributed by atoms with Gasteiger partial charge in [0.15, 0.2) is 0 Å². The molecule has 4 rings (SSSR count). The highest BCUT2D eigenvalue weighted by Crippen LogP contribution is 2.26. The summed E-state index contributed by atoms with van der Waals surface area (Å²) in [6, 6.07) is 10.4. The highest BCUT2D eigenvalue weighted by molar-refractivity contribution is 5.73. The Kier molecular flexibility index (Phi) is 7.47. The van der Waals surface area contributed by atoms with Gasteiger partial charge in [-0.15, -0.1) is 0 Å². The number of nitrogens with zero attached hydrogens (tertiary/aromatic N) is 2. The molecule has 2 aliphatic carbocycles. The molecular formula is C20H23ClN4O5. The van der Waals surface area contributed by atoms with Gasteiger partial charge in [-0.2, -0.15) is 0 Å². The molecule has 2 atom stereocenters. The van der Waals surface area contributed by atoms with Crippen molar-refractivity contribution in [1.82, 2.24) is 5.32 Å². The molecule has 1 amide bonds. The van der Waals surface area contributed by atoms with Crippen LogP contribution >= 0.6 is 0 Å². The molecule has 10 heteroatoms. The molecule has 0 aromatic heterocycles. The van der Waals surface area contributed by atoms with E-state index in [0.717, 1.165) is 36.0 Å². The topological polar surface area (TPSA) is 143 Å². The second kappa shape index (κ2) is 9.64. The molecular weight excluding hydrogens is 412 g/mol. The van der Waals surface area contributed by atoms with Gasteiger partial charge in [-0.1, -0.05) is 12.1 Å². The van der Waals surface area contributed by atoms with Crippen LogP contribution in [0.15, 0.2) is 36.4 Å². The summed E-state index contributed by atoms with van der Waals surface area (Å²) in [5, 5.41) is 23.9. The summed E-state index contributed by atoms with van der Waals surface area (Å²) in [4.78, 5) is 31.2. The maximum atomic E-state index is 10.9. The molecule has 4 N–H and O–H groups in total. The summed E-state index contributed by atoms with van der Waals surface area (Å²) < 4.78 is 0. The van der Waals surface area contributed by atoms with Crippen molar-refractivity contribution in [1.29, 1.82) is 0 Å². The summed E-state index contributed by atoms with van der Waals surface area (Å²) in [6.07, 6.45) is 3.26. The van der Waals surface area contributed by atoms with Gasteiger partial charge >= 0.3 is 0 Å². The fraction of sp³-hybridized carbons (Fsp3) is 0.350. The maximum Gasteiger partial charge on any atom is 0.269 e. The minimum absolute atomic E-state index is 0. The summed E-state index contributed by atoms with van der Waals surface area (Å²) in [5.74, 6) is -0.0627. The van der Waals surface area contributed by atoms with Crippen LogP contribution < -0.4 is 23.5 Å². The molecule has 2 aromatic carbocycles. The molecule has 0 spiro atoms. The Labute approximate surface area is 179 Å². The number of halogens is 1. The summed E-state index contributed by atoms with van der Waals surface area (Å²) in [5.41, 5.74) is 8.62. The van der Waals surface area contributed by atoms with Crippen molar-refractivity contribution < 1.29 is 32.8 Å². The number of benzene rings is 2. The number of rotatable bonds is 3. The van der Waals surface area contributed by atoms with E-state index in [2.05, 4.69) is 11.1 Å². The lowest BCUT2D eigenvalue weighted by atomic mass is 10.1. The number of hydrogen-bond acceptors (Lipinski definition) is 5. The Morgan fingerprint density at radius 1 is 0.900 bits per heavy atom. The molecule has 2 aromatic rings. The van der Waals surface area contributed by atoms with E-state index < -0.39 is 4.92 Å². The van der Waals surface area contributed by atoms with Crippen molar-refractivity contribution in [3.8, 4) is 0 Å². The summed E-state index contributed by atoms with van der Waals surface area (Å²) in [6.45, 7) is 1.48. The van der Waals surface area contributed by atoms with E-state index in [0.29, 0.717) is 12.5 Å². The van der Waals surface area contributed by atoms with Gasteiger partial charge in [0.25, 0.3) is 11.4 Å². The largest absolute Gasteiger partial charge is 1.00 e. The number of nitro benzene ring substituents is 2. The molecule has 30 heavy (non-hydrogen) atoms. The van der Waals surface area contributed by atoms with Crippen LogP contribution in [0.1, 0.15) is 29.2 Å². The van der Waals surface area contributed by atoms with E-state index in [1.165, 1.54) is 18.6 Å². The Morgan fingerprint density at radius 2 is 1.33 bits per heavy atom. The SMILES string of the molecule is CC(=O)NC1Cc2ccc([N+](=O)[O-])cc2C1.[Cl-].[NH3+]C1Cc2ccc([N+](=O)[O-])cc2C1. The van der Waals surface area contributed by atoms with E-state index in [-0.39, 0.29) is 40.7 Å². The fourth-order valence-electron chi connectivity index (χ4n) is 3.92. The summed E-state index contributed by atoms with van der Waals surface area (Å²) in [7, 11) is 0. The third-order valence-corrected chi connectivity index (χ3v) is 5.16. The smallest absolute Gasteiger partial charge is 0.269 e. The molecule has 0 saturated carbocycles. The van der Waals surface area contributed by atoms with Crippen molar-refractivity contribution >= 4 is 17.3 Å². The molecule has 0 fully saturated rings. The van der Waals surface area contributed by atoms with Crippen LogP contribution in [0.2, 0.25) is 0 Å². The lowest BCUT2D eigenvalue weighted by molar-refractivity contribution is -0.416. The minimum Gasteiger partial charge on any atom is -1.00 e. The number of amides is 1. The number of carbonyl (C=O) groups excluding carboxylic acids is 1. The molecule has 0 aliphatic heterocycles. The number of quaternary nitrogens is 1. The van der Waals surface area contributed by atoms with Crippen LogP contribution in [0.25, 0.3) is 0 Å². The van der Waals surface area contributed by atoms with E-state index >= 15 is 0 Å². The number of fused-ring (bicyclic) bond motifs is 2. The second-order valence-electron chi connectivity index (χ2n) is 7.50. The zero-order valence-corrected chi connectivity index (χ0v) is 17.2. The third kappa shape index (κ3) is 5.52. The zero-order valence-electron chi connectivity index (χ0n) is 16.5. The van der Waals surface area contributed by atoms with Gasteiger partial charge in [0.1, 0.15) is 0 Å². The Balaban J connectivity index is 0.000000211. The van der Waals surface area contributed by atoms with Gasteiger partial charge in [0.05, 0.1) is 15.9 Å². The van der Waals surface area contributed by atoms with E-state index in [9.17, 15) is 25.0 Å². The molecule has 0 bridgehead atoms. The van der Waals surface area contributed by atoms with Crippen LogP contribution in [-0.4, -0.2) is 27.8 Å². The standard InChI is InChI=1S/C11H12N2O3.C9H10N2O2.ClH/c1-7(14)12-10-4-8-2-3-11(13(15)16)6-9(8)5-10;10-8-3-6-1-2-9(11(12)13)5-7(6)4-8;/h2-3,6,10H,4-5H2,1H3,(H,12,14);1-2,5,8H,3-4,10H2;1H. The van der Waals surface area contributed by atoms with Crippen molar-refractivity contribution in [2.24, 2.45) is 0 Å². The van der Waals surface area contributed by atoms with Crippen LogP contribution in [-0.2, 0) is 30.5 Å². The summed E-state index contributed by atoms with van der Waals surface area (Å²) >= 11 is 0.